The molecule has 3 rings (SSSR count). The molecule has 8 heteroatoms. The molecule has 180 valence electrons. The number of hydrogen-bond donors (Lipinski definition) is 1. The first-order valence-corrected chi connectivity index (χ1v) is 12.0. The van der Waals surface area contributed by atoms with Gasteiger partial charge in [-0.3, -0.25) is 9.69 Å². The van der Waals surface area contributed by atoms with Gasteiger partial charge in [-0.15, -0.1) is 0 Å². The molecule has 33 heavy (non-hydrogen) atoms. The minimum absolute atomic E-state index is 0.0161. The second-order valence-corrected chi connectivity index (χ2v) is 9.57. The zero-order valence-corrected chi connectivity index (χ0v) is 21.0. The van der Waals surface area contributed by atoms with Gasteiger partial charge in [0.05, 0.1) is 29.1 Å². The first-order chi connectivity index (χ1) is 15.8. The quantitative estimate of drug-likeness (QED) is 0.546. The van der Waals surface area contributed by atoms with Crippen molar-refractivity contribution < 1.29 is 14.6 Å². The number of benzene rings is 2. The molecule has 0 radical (unpaired) electrons. The average Bonchev–Trinajstić information content (AvgIpc) is 3.27. The average molecular weight is 494 g/mol. The number of likely N-dealkylation sites (N-methyl/N-ethyl adjacent to an activating group) is 2. The number of aliphatic hydroxyl groups is 1. The Kier molecular flexibility index (Phi) is 9.41. The van der Waals surface area contributed by atoms with Gasteiger partial charge < -0.3 is 19.6 Å². The van der Waals surface area contributed by atoms with Gasteiger partial charge in [-0.05, 0) is 62.5 Å². The molecule has 0 unspecified atom stereocenters. The number of likely N-dealkylation sites (tertiary alicyclic amines) is 1. The summed E-state index contributed by atoms with van der Waals surface area (Å²) in [6, 6.07) is 13.5. The smallest absolute Gasteiger partial charge is 0.227 e. The van der Waals surface area contributed by atoms with Crippen LogP contribution in [0.2, 0.25) is 10.0 Å². The van der Waals surface area contributed by atoms with Crippen LogP contribution in [-0.4, -0.2) is 85.7 Å². The maximum absolute atomic E-state index is 13.2. The van der Waals surface area contributed by atoms with E-state index in [0.29, 0.717) is 21.8 Å². The highest BCUT2D eigenvalue weighted by atomic mass is 35.5. The molecule has 1 N–H and O–H groups in total. The Labute approximate surface area is 206 Å². The SMILES string of the molecule is CN(C)[C@H]1CCN(C[C@H](c2ccc(OCCO)cc2)N(C)C(=O)Cc2ccc(Cl)c(Cl)c2)C1. The summed E-state index contributed by atoms with van der Waals surface area (Å²) in [6.45, 7) is 2.97. The Morgan fingerprint density at radius 1 is 1.15 bits per heavy atom. The molecule has 0 saturated carbocycles. The summed E-state index contributed by atoms with van der Waals surface area (Å²) in [5.41, 5.74) is 1.88. The third kappa shape index (κ3) is 7.08. The van der Waals surface area contributed by atoms with Crippen molar-refractivity contribution in [3.63, 3.8) is 0 Å². The van der Waals surface area contributed by atoms with E-state index in [0.717, 1.165) is 37.2 Å². The van der Waals surface area contributed by atoms with Crippen LogP contribution < -0.4 is 4.74 Å². The van der Waals surface area contributed by atoms with E-state index in [1.165, 1.54) is 0 Å². The Morgan fingerprint density at radius 3 is 2.48 bits per heavy atom. The monoisotopic (exact) mass is 493 g/mol. The summed E-state index contributed by atoms with van der Waals surface area (Å²) < 4.78 is 5.50. The highest BCUT2D eigenvalue weighted by Gasteiger charge is 2.29. The molecule has 0 aromatic heterocycles. The van der Waals surface area contributed by atoms with Gasteiger partial charge in [0.1, 0.15) is 12.4 Å². The molecule has 1 saturated heterocycles. The fourth-order valence-electron chi connectivity index (χ4n) is 4.17. The molecule has 1 aliphatic rings. The van der Waals surface area contributed by atoms with E-state index in [1.807, 2.05) is 42.3 Å². The summed E-state index contributed by atoms with van der Waals surface area (Å²) in [4.78, 5) is 19.8. The highest BCUT2D eigenvalue weighted by Crippen LogP contribution is 2.27. The van der Waals surface area contributed by atoms with Gasteiger partial charge in [0.15, 0.2) is 0 Å². The number of carbonyl (C=O) groups excluding carboxylic acids is 1. The summed E-state index contributed by atoms with van der Waals surface area (Å²) >= 11 is 12.2. The summed E-state index contributed by atoms with van der Waals surface area (Å²) in [5.74, 6) is 0.715. The maximum Gasteiger partial charge on any atom is 0.227 e. The molecule has 0 aliphatic carbocycles. The predicted molar refractivity (Wildman–Crippen MR) is 133 cm³/mol. The van der Waals surface area contributed by atoms with E-state index >= 15 is 0 Å². The largest absolute Gasteiger partial charge is 0.491 e. The van der Waals surface area contributed by atoms with Gasteiger partial charge in [0.25, 0.3) is 0 Å². The van der Waals surface area contributed by atoms with E-state index < -0.39 is 0 Å². The fourth-order valence-corrected chi connectivity index (χ4v) is 4.49. The van der Waals surface area contributed by atoms with E-state index in [2.05, 4.69) is 23.9 Å². The molecule has 1 aliphatic heterocycles. The highest BCUT2D eigenvalue weighted by molar-refractivity contribution is 6.42. The number of rotatable bonds is 10. The van der Waals surface area contributed by atoms with E-state index in [9.17, 15) is 4.79 Å². The molecule has 1 amide bonds. The lowest BCUT2D eigenvalue weighted by atomic mass is 10.0. The maximum atomic E-state index is 13.2. The van der Waals surface area contributed by atoms with Crippen molar-refractivity contribution in [2.24, 2.45) is 0 Å². The van der Waals surface area contributed by atoms with Gasteiger partial charge >= 0.3 is 0 Å². The molecule has 2 atom stereocenters. The fraction of sp³-hybridized carbons (Fsp3) is 0.480. The Balaban J connectivity index is 1.77. The Bertz CT molecular complexity index is 924. The number of amides is 1. The third-order valence-corrected chi connectivity index (χ3v) is 6.97. The first-order valence-electron chi connectivity index (χ1n) is 11.2. The number of ether oxygens (including phenoxy) is 1. The van der Waals surface area contributed by atoms with Crippen LogP contribution in [0.5, 0.6) is 5.75 Å². The zero-order valence-electron chi connectivity index (χ0n) is 19.5. The normalized spacial score (nSPS) is 17.4. The van der Waals surface area contributed by atoms with Gasteiger partial charge in [0, 0.05) is 26.2 Å². The van der Waals surface area contributed by atoms with Gasteiger partial charge in [-0.25, -0.2) is 0 Å². The molecule has 6 nitrogen and oxygen atoms in total. The number of hydrogen-bond acceptors (Lipinski definition) is 5. The molecular weight excluding hydrogens is 461 g/mol. The molecule has 1 heterocycles. The number of aliphatic hydroxyl groups excluding tert-OH is 1. The van der Waals surface area contributed by atoms with Crippen LogP contribution in [0.25, 0.3) is 0 Å². The zero-order chi connectivity index (χ0) is 24.0. The lowest BCUT2D eigenvalue weighted by molar-refractivity contribution is -0.131. The molecule has 0 spiro atoms. The predicted octanol–water partition coefficient (Wildman–Crippen LogP) is 3.74. The van der Waals surface area contributed by atoms with Crippen LogP contribution in [0.3, 0.4) is 0 Å². The lowest BCUT2D eigenvalue weighted by Gasteiger charge is -2.32. The third-order valence-electron chi connectivity index (χ3n) is 6.23. The molecular formula is C25H33Cl2N3O3. The second-order valence-electron chi connectivity index (χ2n) is 8.75. The van der Waals surface area contributed by atoms with Crippen LogP contribution in [0, 0.1) is 0 Å². The topological polar surface area (TPSA) is 56.2 Å². The van der Waals surface area contributed by atoms with Gasteiger partial charge in [0.2, 0.25) is 5.91 Å². The van der Waals surface area contributed by atoms with Crippen LogP contribution >= 0.6 is 23.2 Å². The summed E-state index contributed by atoms with van der Waals surface area (Å²) in [6.07, 6.45) is 1.37. The van der Waals surface area contributed by atoms with Crippen molar-refractivity contribution in [3.8, 4) is 5.75 Å². The van der Waals surface area contributed by atoms with E-state index in [4.69, 9.17) is 33.0 Å². The number of carbonyl (C=O) groups is 1. The van der Waals surface area contributed by atoms with E-state index in [-0.39, 0.29) is 31.6 Å². The second kappa shape index (κ2) is 12.0. The van der Waals surface area contributed by atoms with Crippen molar-refractivity contribution in [2.45, 2.75) is 24.9 Å². The van der Waals surface area contributed by atoms with Crippen molar-refractivity contribution in [1.82, 2.24) is 14.7 Å². The lowest BCUT2D eigenvalue weighted by Crippen LogP contribution is -2.40. The summed E-state index contributed by atoms with van der Waals surface area (Å²) in [7, 11) is 6.09. The Morgan fingerprint density at radius 2 is 1.88 bits per heavy atom. The van der Waals surface area contributed by atoms with Crippen LogP contribution in [-0.2, 0) is 11.2 Å². The standard InChI is InChI=1S/C25H33Cl2N3O3/c1-28(2)20-10-11-30(16-20)17-24(19-5-7-21(8-6-19)33-13-12-31)29(3)25(32)15-18-4-9-22(26)23(27)14-18/h4-9,14,20,24,31H,10-13,15-17H2,1-3H3/t20-,24+/m0/s1. The van der Waals surface area contributed by atoms with Crippen molar-refractivity contribution in [1.29, 1.82) is 0 Å². The Hall–Kier alpha value is -1.83. The van der Waals surface area contributed by atoms with Crippen LogP contribution in [0.1, 0.15) is 23.6 Å². The van der Waals surface area contributed by atoms with Crippen molar-refractivity contribution in [2.75, 3.05) is 54.0 Å². The van der Waals surface area contributed by atoms with Crippen molar-refractivity contribution >= 4 is 29.1 Å². The molecule has 2 aromatic carbocycles. The molecule has 1 fully saturated rings. The van der Waals surface area contributed by atoms with Crippen LogP contribution in [0.4, 0.5) is 0 Å². The van der Waals surface area contributed by atoms with Crippen LogP contribution in [0.15, 0.2) is 42.5 Å². The minimum Gasteiger partial charge on any atom is -0.491 e. The molecule has 0 bridgehead atoms. The van der Waals surface area contributed by atoms with E-state index in [1.54, 1.807) is 12.1 Å². The summed E-state index contributed by atoms with van der Waals surface area (Å²) in [5, 5.41) is 9.91. The first kappa shape index (κ1) is 25.8. The van der Waals surface area contributed by atoms with Gasteiger partial charge in [-0.2, -0.15) is 0 Å². The van der Waals surface area contributed by atoms with Crippen molar-refractivity contribution in [3.05, 3.63) is 63.6 Å². The number of nitrogens with zero attached hydrogens (tertiary/aromatic N) is 3. The minimum atomic E-state index is -0.104. The van der Waals surface area contributed by atoms with Gasteiger partial charge in [-0.1, -0.05) is 41.4 Å². The number of halogens is 2. The molecule has 2 aromatic rings.